The average Bonchev–Trinajstić information content (AvgIpc) is 3.49. The lowest BCUT2D eigenvalue weighted by molar-refractivity contribution is 0.332. The van der Waals surface area contributed by atoms with Crippen LogP contribution in [0.4, 0.5) is 17.1 Å². The molecule has 0 fully saturated rings. The Balaban J connectivity index is 1.18. The van der Waals surface area contributed by atoms with E-state index in [1.807, 2.05) is 0 Å². The lowest BCUT2D eigenvalue weighted by Gasteiger charge is -2.42. The molecule has 3 aliphatic rings. The van der Waals surface area contributed by atoms with Crippen molar-refractivity contribution >= 4 is 17.1 Å². The maximum atomic E-state index is 2.55. The first-order valence-electron chi connectivity index (χ1n) is 23.1. The minimum Gasteiger partial charge on any atom is -0.310 e. The normalized spacial score (nSPS) is 18.2. The molecule has 1 heteroatoms. The van der Waals surface area contributed by atoms with Gasteiger partial charge in [-0.25, -0.2) is 0 Å². The lowest BCUT2D eigenvalue weighted by Crippen LogP contribution is -2.33. The van der Waals surface area contributed by atoms with Crippen LogP contribution in [0.1, 0.15) is 128 Å². The van der Waals surface area contributed by atoms with E-state index in [2.05, 4.69) is 226 Å². The molecule has 0 N–H and O–H groups in total. The van der Waals surface area contributed by atoms with E-state index < -0.39 is 0 Å². The van der Waals surface area contributed by atoms with Gasteiger partial charge >= 0.3 is 0 Å². The Morgan fingerprint density at radius 2 is 0.742 bits per heavy atom. The maximum absolute atomic E-state index is 2.55. The van der Waals surface area contributed by atoms with Crippen molar-refractivity contribution in [1.29, 1.82) is 0 Å². The van der Waals surface area contributed by atoms with Gasteiger partial charge in [-0.3, -0.25) is 0 Å². The minimum absolute atomic E-state index is 0.0940. The highest BCUT2D eigenvalue weighted by Gasteiger charge is 2.40. The van der Waals surface area contributed by atoms with Crippen LogP contribution in [-0.2, 0) is 27.1 Å². The topological polar surface area (TPSA) is 3.24 Å². The van der Waals surface area contributed by atoms with Gasteiger partial charge in [0.1, 0.15) is 0 Å². The first kappa shape index (κ1) is 40.4. The molecule has 0 heterocycles. The highest BCUT2D eigenvalue weighted by Crippen LogP contribution is 2.55. The fourth-order valence-electron chi connectivity index (χ4n) is 11.3. The molecule has 0 spiro atoms. The Hall–Kier alpha value is -5.66. The summed E-state index contributed by atoms with van der Waals surface area (Å²) in [6.07, 6.45) is 4.81. The van der Waals surface area contributed by atoms with Gasteiger partial charge in [-0.1, -0.05) is 184 Å². The van der Waals surface area contributed by atoms with Crippen molar-refractivity contribution in [3.05, 3.63) is 185 Å². The molecule has 7 aromatic rings. The molecule has 7 aromatic carbocycles. The van der Waals surface area contributed by atoms with Gasteiger partial charge in [0.25, 0.3) is 0 Å². The molecule has 0 aromatic heterocycles. The molecule has 10 rings (SSSR count). The number of hydrogen-bond donors (Lipinski definition) is 0. The van der Waals surface area contributed by atoms with E-state index in [0.29, 0.717) is 0 Å². The largest absolute Gasteiger partial charge is 0.310 e. The third-order valence-corrected chi connectivity index (χ3v) is 15.6. The number of hydrogen-bond acceptors (Lipinski definition) is 1. The van der Waals surface area contributed by atoms with Crippen LogP contribution >= 0.6 is 0 Å². The van der Waals surface area contributed by atoms with E-state index in [-0.39, 0.29) is 27.1 Å². The molecule has 0 saturated carbocycles. The molecule has 312 valence electrons. The van der Waals surface area contributed by atoms with Crippen LogP contribution in [-0.4, -0.2) is 0 Å². The van der Waals surface area contributed by atoms with Gasteiger partial charge in [0.2, 0.25) is 0 Å². The Labute approximate surface area is 371 Å². The van der Waals surface area contributed by atoms with Gasteiger partial charge in [-0.2, -0.15) is 0 Å². The molecule has 0 atom stereocenters. The second-order valence-electron chi connectivity index (χ2n) is 21.9. The van der Waals surface area contributed by atoms with Crippen molar-refractivity contribution in [2.24, 2.45) is 0 Å². The fraction of sp³-hybridized carbons (Fsp3) is 0.311. The number of nitrogens with zero attached hydrogens (tertiary/aromatic N) is 1. The van der Waals surface area contributed by atoms with Crippen molar-refractivity contribution in [3.8, 4) is 44.5 Å². The fourth-order valence-corrected chi connectivity index (χ4v) is 11.3. The first-order chi connectivity index (χ1) is 29.4. The summed E-state index contributed by atoms with van der Waals surface area (Å²) in [5, 5.41) is 0. The van der Waals surface area contributed by atoms with Crippen LogP contribution in [0.2, 0.25) is 0 Å². The highest BCUT2D eigenvalue weighted by molar-refractivity contribution is 5.95. The summed E-state index contributed by atoms with van der Waals surface area (Å²) in [7, 11) is 0. The highest BCUT2D eigenvalue weighted by atomic mass is 15.1. The van der Waals surface area contributed by atoms with Gasteiger partial charge in [-0.15, -0.1) is 0 Å². The van der Waals surface area contributed by atoms with Crippen LogP contribution in [0.15, 0.2) is 152 Å². The van der Waals surface area contributed by atoms with Crippen LogP contribution in [0, 0.1) is 0 Å². The zero-order valence-electron chi connectivity index (χ0n) is 38.7. The van der Waals surface area contributed by atoms with E-state index in [0.717, 1.165) is 11.4 Å². The molecule has 0 radical (unpaired) electrons. The van der Waals surface area contributed by atoms with Crippen molar-refractivity contribution in [3.63, 3.8) is 0 Å². The quantitative estimate of drug-likeness (QED) is 0.162. The van der Waals surface area contributed by atoms with Gasteiger partial charge in [0.05, 0.1) is 5.69 Å². The molecule has 0 amide bonds. The second-order valence-corrected chi connectivity index (χ2v) is 21.9. The van der Waals surface area contributed by atoms with E-state index in [1.54, 1.807) is 0 Å². The predicted octanol–water partition coefficient (Wildman–Crippen LogP) is 17.2. The Morgan fingerprint density at radius 1 is 0.306 bits per heavy atom. The molecular formula is C61H63N. The number of benzene rings is 7. The molecule has 0 unspecified atom stereocenters. The summed E-state index contributed by atoms with van der Waals surface area (Å²) < 4.78 is 0. The average molecular weight is 810 g/mol. The summed E-state index contributed by atoms with van der Waals surface area (Å²) in [6.45, 7) is 24.2. The van der Waals surface area contributed by atoms with Gasteiger partial charge < -0.3 is 4.90 Å². The number of rotatable bonds is 6. The smallest absolute Gasteiger partial charge is 0.0543 e. The molecule has 0 saturated heterocycles. The third-order valence-electron chi connectivity index (χ3n) is 15.6. The second kappa shape index (κ2) is 14.2. The standard InChI is InChI=1S/C61H63N/c1-57(2)32-34-59(5,6)54-36-43(24-30-51(54)57)42-22-28-46(29-23-42)62(45-26-20-41(21-27-45)40-16-12-11-13-17-40)56-39-53-49(47-18-14-15-19-50(47)61(53,9)10)38-48(56)44-25-31-52-55(37-44)60(7,8)35-33-58(52,3)4/h11-31,36-39H,32-35H2,1-10H3. The summed E-state index contributed by atoms with van der Waals surface area (Å²) in [5.74, 6) is 0. The first-order valence-corrected chi connectivity index (χ1v) is 23.1. The third kappa shape index (κ3) is 6.58. The summed E-state index contributed by atoms with van der Waals surface area (Å²) in [4.78, 5) is 2.53. The Kier molecular flexibility index (Phi) is 9.24. The lowest BCUT2D eigenvalue weighted by atomic mass is 9.63. The van der Waals surface area contributed by atoms with Crippen LogP contribution < -0.4 is 4.90 Å². The van der Waals surface area contributed by atoms with Gasteiger partial charge in [-0.05, 0) is 156 Å². The molecule has 0 aliphatic heterocycles. The predicted molar refractivity (Wildman–Crippen MR) is 266 cm³/mol. The Bertz CT molecular complexity index is 2850. The van der Waals surface area contributed by atoms with Gasteiger partial charge in [0.15, 0.2) is 0 Å². The van der Waals surface area contributed by atoms with Crippen LogP contribution in [0.3, 0.4) is 0 Å². The summed E-state index contributed by atoms with van der Waals surface area (Å²) in [5.41, 5.74) is 22.9. The van der Waals surface area contributed by atoms with E-state index >= 15 is 0 Å². The van der Waals surface area contributed by atoms with E-state index in [1.165, 1.54) is 109 Å². The van der Waals surface area contributed by atoms with Crippen molar-refractivity contribution in [1.82, 2.24) is 0 Å². The number of anilines is 3. The molecule has 1 nitrogen and oxygen atoms in total. The van der Waals surface area contributed by atoms with Gasteiger partial charge in [0, 0.05) is 22.4 Å². The van der Waals surface area contributed by atoms with E-state index in [4.69, 9.17) is 0 Å². The number of fused-ring (bicyclic) bond motifs is 5. The minimum atomic E-state index is -0.150. The molecule has 3 aliphatic carbocycles. The van der Waals surface area contributed by atoms with Crippen molar-refractivity contribution < 1.29 is 0 Å². The van der Waals surface area contributed by atoms with Crippen molar-refractivity contribution in [2.45, 2.75) is 122 Å². The zero-order chi connectivity index (χ0) is 43.4. The molecule has 0 bridgehead atoms. The van der Waals surface area contributed by atoms with Crippen LogP contribution in [0.25, 0.3) is 44.5 Å². The summed E-state index contributed by atoms with van der Waals surface area (Å²) >= 11 is 0. The molecule has 62 heavy (non-hydrogen) atoms. The Morgan fingerprint density at radius 3 is 1.31 bits per heavy atom. The molecular weight excluding hydrogens is 747 g/mol. The maximum Gasteiger partial charge on any atom is 0.0543 e. The SMILES string of the molecule is CC1(C)CCC(C)(C)c2cc(-c3ccc(N(c4ccc(-c5ccccc5)cc4)c4cc5c(cc4-c4ccc6c(c4)C(C)(C)CCC6(C)C)-c4ccccc4C5(C)C)cc3)ccc21. The monoisotopic (exact) mass is 809 g/mol. The summed E-state index contributed by atoms with van der Waals surface area (Å²) in [6, 6.07) is 58.1. The van der Waals surface area contributed by atoms with E-state index in [9.17, 15) is 0 Å². The van der Waals surface area contributed by atoms with Crippen molar-refractivity contribution in [2.75, 3.05) is 4.90 Å². The zero-order valence-corrected chi connectivity index (χ0v) is 38.7. The van der Waals surface area contributed by atoms with Crippen LogP contribution in [0.5, 0.6) is 0 Å².